The number of fused-ring (bicyclic) bond motifs is 1. The maximum Gasteiger partial charge on any atom is 0.407 e. The zero-order valence-electron chi connectivity index (χ0n) is 16.0. The lowest BCUT2D eigenvalue weighted by atomic mass is 10.1. The van der Waals surface area contributed by atoms with Crippen molar-refractivity contribution in [2.24, 2.45) is 0 Å². The average Bonchev–Trinajstić information content (AvgIpc) is 3.03. The highest BCUT2D eigenvalue weighted by atomic mass is 16.6. The number of hydrogen-bond acceptors (Lipinski definition) is 5. The van der Waals surface area contributed by atoms with Gasteiger partial charge in [0, 0.05) is 24.3 Å². The Morgan fingerprint density at radius 1 is 1.22 bits per heavy atom. The molecule has 3 aromatic rings. The molecule has 3 N–H and O–H groups in total. The van der Waals surface area contributed by atoms with Gasteiger partial charge in [0.15, 0.2) is 0 Å². The summed E-state index contributed by atoms with van der Waals surface area (Å²) < 4.78 is 5.29. The van der Waals surface area contributed by atoms with Crippen LogP contribution in [0.5, 0.6) is 0 Å². The van der Waals surface area contributed by atoms with Gasteiger partial charge in [-0.15, -0.1) is 0 Å². The first-order valence-corrected chi connectivity index (χ1v) is 8.94. The number of ether oxygens (including phenoxy) is 1. The maximum absolute atomic E-state index is 11.9. The van der Waals surface area contributed by atoms with Gasteiger partial charge in [0.25, 0.3) is 0 Å². The van der Waals surface area contributed by atoms with Crippen molar-refractivity contribution in [3.05, 3.63) is 42.9 Å². The van der Waals surface area contributed by atoms with Crippen LogP contribution in [0.4, 0.5) is 10.6 Å². The summed E-state index contributed by atoms with van der Waals surface area (Å²) in [5.41, 5.74) is 2.35. The molecule has 1 atom stereocenters. The van der Waals surface area contributed by atoms with E-state index in [1.54, 1.807) is 0 Å². The van der Waals surface area contributed by atoms with E-state index < -0.39 is 11.7 Å². The average molecular weight is 367 g/mol. The second-order valence-corrected chi connectivity index (χ2v) is 7.44. The van der Waals surface area contributed by atoms with Gasteiger partial charge in [0.05, 0.1) is 5.39 Å². The highest BCUT2D eigenvalue weighted by Crippen LogP contribution is 2.31. The third-order valence-electron chi connectivity index (χ3n) is 3.89. The smallest absolute Gasteiger partial charge is 0.407 e. The zero-order valence-corrected chi connectivity index (χ0v) is 16.0. The number of H-pyrrole nitrogens is 1. The van der Waals surface area contributed by atoms with E-state index in [2.05, 4.69) is 25.6 Å². The van der Waals surface area contributed by atoms with Crippen molar-refractivity contribution < 1.29 is 9.53 Å². The highest BCUT2D eigenvalue weighted by Gasteiger charge is 2.18. The van der Waals surface area contributed by atoms with Gasteiger partial charge in [-0.05, 0) is 33.3 Å². The van der Waals surface area contributed by atoms with Crippen molar-refractivity contribution in [1.82, 2.24) is 20.3 Å². The third kappa shape index (κ3) is 4.75. The third-order valence-corrected chi connectivity index (χ3v) is 3.89. The normalized spacial score (nSPS) is 12.6. The summed E-state index contributed by atoms with van der Waals surface area (Å²) >= 11 is 0. The number of aromatic amines is 1. The Balaban J connectivity index is 1.74. The molecule has 0 aliphatic rings. The Bertz CT molecular complexity index is 915. The van der Waals surface area contributed by atoms with E-state index in [1.807, 2.05) is 64.2 Å². The summed E-state index contributed by atoms with van der Waals surface area (Å²) in [6, 6.07) is 9.94. The molecule has 1 amide bonds. The zero-order chi connectivity index (χ0) is 19.4. The Morgan fingerprint density at radius 2 is 1.96 bits per heavy atom. The van der Waals surface area contributed by atoms with Crippen LogP contribution in [0.1, 0.15) is 27.7 Å². The number of hydrogen-bond donors (Lipinski definition) is 3. The molecule has 0 aliphatic heterocycles. The standard InChI is InChI=1S/C20H25N5O2/c1-13(25-19(26)27-20(2,3)4)10-21-17-16-15(14-8-6-5-7-9-14)11-22-18(16)24-12-23-17/h5-9,11-13H,10H2,1-4H3,(H,25,26)(H2,21,22,23,24)/t13-/m1/s1. The number of carbonyl (C=O) groups excluding carboxylic acids is 1. The first-order valence-electron chi connectivity index (χ1n) is 8.94. The van der Waals surface area contributed by atoms with Crippen molar-refractivity contribution in [2.75, 3.05) is 11.9 Å². The van der Waals surface area contributed by atoms with Crippen molar-refractivity contribution in [3.8, 4) is 11.1 Å². The second-order valence-electron chi connectivity index (χ2n) is 7.44. The first kappa shape index (κ1) is 18.7. The van der Waals surface area contributed by atoms with Crippen LogP contribution in [0.3, 0.4) is 0 Å². The molecule has 142 valence electrons. The molecule has 0 saturated carbocycles. The summed E-state index contributed by atoms with van der Waals surface area (Å²) in [7, 11) is 0. The molecule has 2 aromatic heterocycles. The minimum absolute atomic E-state index is 0.135. The molecule has 7 heteroatoms. The first-order chi connectivity index (χ1) is 12.8. The van der Waals surface area contributed by atoms with Crippen LogP contribution in [0.15, 0.2) is 42.9 Å². The van der Waals surface area contributed by atoms with Crippen molar-refractivity contribution >= 4 is 22.9 Å². The number of rotatable bonds is 5. The van der Waals surface area contributed by atoms with Gasteiger partial charge in [-0.1, -0.05) is 30.3 Å². The van der Waals surface area contributed by atoms with E-state index in [-0.39, 0.29) is 6.04 Å². The number of aromatic nitrogens is 3. The Hall–Kier alpha value is -3.09. The SMILES string of the molecule is C[C@H](CNc1ncnc2[nH]cc(-c3ccccc3)c12)NC(=O)OC(C)(C)C. The monoisotopic (exact) mass is 367 g/mol. The van der Waals surface area contributed by atoms with Gasteiger partial charge in [-0.2, -0.15) is 0 Å². The summed E-state index contributed by atoms with van der Waals surface area (Å²) in [6.07, 6.45) is 3.01. The van der Waals surface area contributed by atoms with Crippen LogP contribution in [-0.4, -0.2) is 39.2 Å². The van der Waals surface area contributed by atoms with Crippen LogP contribution in [0.2, 0.25) is 0 Å². The van der Waals surface area contributed by atoms with Crippen molar-refractivity contribution in [1.29, 1.82) is 0 Å². The summed E-state index contributed by atoms with van der Waals surface area (Å²) in [5, 5.41) is 7.05. The fourth-order valence-corrected chi connectivity index (χ4v) is 2.75. The number of alkyl carbamates (subject to hydrolysis) is 1. The van der Waals surface area contributed by atoms with E-state index in [0.717, 1.165) is 28.0 Å². The van der Waals surface area contributed by atoms with Crippen LogP contribution < -0.4 is 10.6 Å². The van der Waals surface area contributed by atoms with E-state index in [9.17, 15) is 4.79 Å². The number of nitrogens with one attached hydrogen (secondary N) is 3. The van der Waals surface area contributed by atoms with Crippen molar-refractivity contribution in [3.63, 3.8) is 0 Å². The molecule has 0 saturated heterocycles. The van der Waals surface area contributed by atoms with Crippen LogP contribution in [0.25, 0.3) is 22.2 Å². The van der Waals surface area contributed by atoms with Gasteiger partial charge in [0.2, 0.25) is 0 Å². The quantitative estimate of drug-likeness (QED) is 0.635. The van der Waals surface area contributed by atoms with Gasteiger partial charge in [-0.25, -0.2) is 14.8 Å². The Morgan fingerprint density at radius 3 is 2.67 bits per heavy atom. The summed E-state index contributed by atoms with van der Waals surface area (Å²) in [6.45, 7) is 7.92. The molecule has 2 heterocycles. The molecule has 7 nitrogen and oxygen atoms in total. The van der Waals surface area contributed by atoms with Crippen LogP contribution in [-0.2, 0) is 4.74 Å². The van der Waals surface area contributed by atoms with Crippen LogP contribution >= 0.6 is 0 Å². The molecule has 0 fully saturated rings. The molecule has 0 bridgehead atoms. The highest BCUT2D eigenvalue weighted by molar-refractivity contribution is 6.00. The number of anilines is 1. The topological polar surface area (TPSA) is 91.9 Å². The minimum atomic E-state index is -0.522. The van der Waals surface area contributed by atoms with Gasteiger partial charge < -0.3 is 20.4 Å². The van der Waals surface area contributed by atoms with E-state index in [0.29, 0.717) is 6.54 Å². The fraction of sp³-hybridized carbons (Fsp3) is 0.350. The summed E-state index contributed by atoms with van der Waals surface area (Å²) in [4.78, 5) is 23.8. The minimum Gasteiger partial charge on any atom is -0.444 e. The molecule has 0 unspecified atom stereocenters. The number of amides is 1. The van der Waals surface area contributed by atoms with Gasteiger partial charge in [-0.3, -0.25) is 0 Å². The summed E-state index contributed by atoms with van der Waals surface area (Å²) in [5.74, 6) is 0.720. The van der Waals surface area contributed by atoms with Gasteiger partial charge >= 0.3 is 6.09 Å². The van der Waals surface area contributed by atoms with Gasteiger partial charge in [0.1, 0.15) is 23.4 Å². The lowest BCUT2D eigenvalue weighted by molar-refractivity contribution is 0.0511. The van der Waals surface area contributed by atoms with Crippen molar-refractivity contribution in [2.45, 2.75) is 39.3 Å². The molecule has 0 radical (unpaired) electrons. The number of nitrogens with zero attached hydrogens (tertiary/aromatic N) is 2. The Labute approximate surface area is 158 Å². The van der Waals surface area contributed by atoms with Crippen LogP contribution in [0, 0.1) is 0 Å². The van der Waals surface area contributed by atoms with E-state index in [1.165, 1.54) is 6.33 Å². The fourth-order valence-electron chi connectivity index (χ4n) is 2.75. The van der Waals surface area contributed by atoms with E-state index >= 15 is 0 Å². The predicted octanol–water partition coefficient (Wildman–Crippen LogP) is 3.95. The molecule has 0 aliphatic carbocycles. The lowest BCUT2D eigenvalue weighted by Crippen LogP contribution is -2.40. The second kappa shape index (κ2) is 7.65. The largest absolute Gasteiger partial charge is 0.444 e. The molecule has 1 aromatic carbocycles. The molecule has 3 rings (SSSR count). The Kier molecular flexibility index (Phi) is 5.30. The molecule has 0 spiro atoms. The number of benzene rings is 1. The predicted molar refractivity (Wildman–Crippen MR) is 107 cm³/mol. The van der Waals surface area contributed by atoms with E-state index in [4.69, 9.17) is 4.74 Å². The molecular formula is C20H25N5O2. The number of carbonyl (C=O) groups is 1. The lowest BCUT2D eigenvalue weighted by Gasteiger charge is -2.22. The molecular weight excluding hydrogens is 342 g/mol. The molecule has 27 heavy (non-hydrogen) atoms. The maximum atomic E-state index is 11.9.